The first-order valence-electron chi connectivity index (χ1n) is 10.2. The highest BCUT2D eigenvalue weighted by Gasteiger charge is 2.28. The van der Waals surface area contributed by atoms with Gasteiger partial charge in [0.2, 0.25) is 0 Å². The summed E-state index contributed by atoms with van der Waals surface area (Å²) in [5.41, 5.74) is 0.920. The van der Waals surface area contributed by atoms with Crippen LogP contribution in [-0.2, 0) is 16.0 Å². The largest absolute Gasteiger partial charge is 0.484 e. The van der Waals surface area contributed by atoms with Gasteiger partial charge in [0.15, 0.2) is 6.61 Å². The van der Waals surface area contributed by atoms with Gasteiger partial charge in [-0.05, 0) is 38.0 Å². The first-order chi connectivity index (χ1) is 13.9. The molecule has 0 aliphatic carbocycles. The van der Waals surface area contributed by atoms with Crippen LogP contribution in [0.4, 0.5) is 0 Å². The Morgan fingerprint density at radius 3 is 2.72 bits per heavy atom. The van der Waals surface area contributed by atoms with Gasteiger partial charge in [0.1, 0.15) is 11.3 Å². The molecule has 1 aromatic carbocycles. The maximum absolute atomic E-state index is 12.3. The predicted molar refractivity (Wildman–Crippen MR) is 111 cm³/mol. The second kappa shape index (κ2) is 9.41. The lowest BCUT2D eigenvalue weighted by Crippen LogP contribution is -2.55. The number of fused-ring (bicyclic) bond motifs is 1. The van der Waals surface area contributed by atoms with Gasteiger partial charge in [0, 0.05) is 42.7 Å². The summed E-state index contributed by atoms with van der Waals surface area (Å²) < 4.78 is 16.3. The number of hydrogen-bond donors (Lipinski definition) is 1. The summed E-state index contributed by atoms with van der Waals surface area (Å²) in [4.78, 5) is 26.3. The van der Waals surface area contributed by atoms with Gasteiger partial charge in [0.25, 0.3) is 5.91 Å². The fraction of sp³-hybridized carbons (Fsp3) is 0.545. The minimum Gasteiger partial charge on any atom is -0.484 e. The summed E-state index contributed by atoms with van der Waals surface area (Å²) in [5.74, 6) is 0.310. The lowest BCUT2D eigenvalue weighted by Gasteiger charge is -2.40. The lowest BCUT2D eigenvalue weighted by molar-refractivity contribution is -0.123. The van der Waals surface area contributed by atoms with Crippen LogP contribution in [0.1, 0.15) is 32.8 Å². The Morgan fingerprint density at radius 2 is 2.00 bits per heavy atom. The van der Waals surface area contributed by atoms with Crippen molar-refractivity contribution in [3.8, 4) is 5.75 Å². The smallest absolute Gasteiger partial charge is 0.336 e. The van der Waals surface area contributed by atoms with E-state index >= 15 is 0 Å². The molecule has 0 atom stereocenters. The molecule has 0 bridgehead atoms. The molecule has 158 valence electrons. The Hall–Kier alpha value is -2.38. The molecule has 1 amide bonds. The molecule has 1 aromatic heterocycles. The molecular weight excluding hydrogens is 372 g/mol. The second-order valence-corrected chi connectivity index (χ2v) is 7.98. The number of aryl methyl sites for hydroxylation is 1. The van der Waals surface area contributed by atoms with Crippen LogP contribution < -0.4 is 15.7 Å². The third kappa shape index (κ3) is 5.58. The Labute approximate surface area is 171 Å². The average molecular weight is 402 g/mol. The first-order valence-corrected chi connectivity index (χ1v) is 10.2. The summed E-state index contributed by atoms with van der Waals surface area (Å²) in [7, 11) is 0. The standard InChI is InChI=1S/C22H30N2O5/c1-4-5-16-12-21(26)29-19-13-17(6-7-18(16)19)28-14-20(25)23-15-22(2,3)24-8-10-27-11-9-24/h6-7,12-13H,4-5,8-11,14-15H2,1-3H3,(H,23,25). The number of morpholine rings is 1. The van der Waals surface area contributed by atoms with Crippen LogP contribution >= 0.6 is 0 Å². The molecule has 2 heterocycles. The minimum atomic E-state index is -0.374. The molecule has 1 saturated heterocycles. The number of hydrogen-bond acceptors (Lipinski definition) is 6. The fourth-order valence-corrected chi connectivity index (χ4v) is 3.57. The van der Waals surface area contributed by atoms with E-state index in [2.05, 4.69) is 31.0 Å². The van der Waals surface area contributed by atoms with Crippen molar-refractivity contribution < 1.29 is 18.7 Å². The van der Waals surface area contributed by atoms with E-state index in [-0.39, 0.29) is 23.7 Å². The first kappa shape index (κ1) is 21.3. The Bertz CT molecular complexity index is 900. The van der Waals surface area contributed by atoms with Crippen molar-refractivity contribution in [2.24, 2.45) is 0 Å². The van der Waals surface area contributed by atoms with Gasteiger partial charge in [-0.25, -0.2) is 4.79 Å². The van der Waals surface area contributed by atoms with Crippen LogP contribution in [0.2, 0.25) is 0 Å². The molecule has 0 unspecified atom stereocenters. The van der Waals surface area contributed by atoms with Gasteiger partial charge in [-0.1, -0.05) is 13.3 Å². The van der Waals surface area contributed by atoms with Gasteiger partial charge in [-0.15, -0.1) is 0 Å². The van der Waals surface area contributed by atoms with Crippen molar-refractivity contribution in [2.75, 3.05) is 39.5 Å². The fourth-order valence-electron chi connectivity index (χ4n) is 3.57. The van der Waals surface area contributed by atoms with E-state index in [0.29, 0.717) is 17.9 Å². The monoisotopic (exact) mass is 402 g/mol. The number of carbonyl (C=O) groups is 1. The van der Waals surface area contributed by atoms with Crippen LogP contribution in [-0.4, -0.2) is 55.8 Å². The van der Waals surface area contributed by atoms with Crippen LogP contribution in [0.5, 0.6) is 5.75 Å². The third-order valence-corrected chi connectivity index (χ3v) is 5.28. The molecular formula is C22H30N2O5. The molecule has 0 spiro atoms. The minimum absolute atomic E-state index is 0.0937. The van der Waals surface area contributed by atoms with Gasteiger partial charge in [0.05, 0.1) is 13.2 Å². The van der Waals surface area contributed by atoms with E-state index in [1.807, 2.05) is 6.07 Å². The van der Waals surface area contributed by atoms with E-state index in [1.165, 1.54) is 6.07 Å². The van der Waals surface area contributed by atoms with Gasteiger partial charge >= 0.3 is 5.63 Å². The number of rotatable bonds is 8. The quantitative estimate of drug-likeness (QED) is 0.683. The summed E-state index contributed by atoms with van der Waals surface area (Å²) in [5, 5.41) is 3.84. The number of amides is 1. The van der Waals surface area contributed by atoms with Gasteiger partial charge in [-0.2, -0.15) is 0 Å². The Morgan fingerprint density at radius 1 is 1.24 bits per heavy atom. The topological polar surface area (TPSA) is 81.0 Å². The van der Waals surface area contributed by atoms with E-state index in [9.17, 15) is 9.59 Å². The van der Waals surface area contributed by atoms with Gasteiger partial charge < -0.3 is 19.2 Å². The highest BCUT2D eigenvalue weighted by molar-refractivity contribution is 5.82. The Kier molecular flexibility index (Phi) is 6.92. The van der Waals surface area contributed by atoms with Crippen LogP contribution in [0, 0.1) is 0 Å². The number of benzene rings is 1. The molecule has 3 rings (SSSR count). The molecule has 1 N–H and O–H groups in total. The van der Waals surface area contributed by atoms with E-state index in [0.717, 1.165) is 50.1 Å². The molecule has 1 fully saturated rings. The summed E-state index contributed by atoms with van der Waals surface area (Å²) in [6, 6.07) is 6.88. The van der Waals surface area contributed by atoms with Gasteiger partial charge in [-0.3, -0.25) is 9.69 Å². The van der Waals surface area contributed by atoms with E-state index in [1.54, 1.807) is 12.1 Å². The van der Waals surface area contributed by atoms with Crippen LogP contribution in [0.3, 0.4) is 0 Å². The summed E-state index contributed by atoms with van der Waals surface area (Å²) in [6.45, 7) is 9.89. The molecule has 0 radical (unpaired) electrons. The predicted octanol–water partition coefficient (Wildman–Crippen LogP) is 2.35. The molecule has 0 saturated carbocycles. The normalized spacial score (nSPS) is 15.4. The van der Waals surface area contributed by atoms with Crippen molar-refractivity contribution in [2.45, 2.75) is 39.2 Å². The number of carbonyl (C=O) groups excluding carboxylic acids is 1. The molecule has 29 heavy (non-hydrogen) atoms. The Balaban J connectivity index is 1.57. The maximum Gasteiger partial charge on any atom is 0.336 e. The molecule has 7 heteroatoms. The molecule has 1 aliphatic heterocycles. The molecule has 2 aromatic rings. The van der Waals surface area contributed by atoms with E-state index < -0.39 is 0 Å². The molecule has 7 nitrogen and oxygen atoms in total. The summed E-state index contributed by atoms with van der Waals surface area (Å²) >= 11 is 0. The van der Waals surface area contributed by atoms with E-state index in [4.69, 9.17) is 13.9 Å². The zero-order chi connectivity index (χ0) is 20.9. The van der Waals surface area contributed by atoms with Crippen molar-refractivity contribution >= 4 is 16.9 Å². The average Bonchev–Trinajstić information content (AvgIpc) is 2.71. The molecule has 1 aliphatic rings. The SMILES string of the molecule is CCCc1cc(=O)oc2cc(OCC(=O)NCC(C)(C)N3CCOCC3)ccc12. The number of nitrogens with one attached hydrogen (secondary N) is 1. The number of ether oxygens (including phenoxy) is 2. The zero-order valence-electron chi connectivity index (χ0n) is 17.5. The second-order valence-electron chi connectivity index (χ2n) is 7.98. The van der Waals surface area contributed by atoms with Crippen molar-refractivity contribution in [1.82, 2.24) is 10.2 Å². The van der Waals surface area contributed by atoms with Crippen LogP contribution in [0.25, 0.3) is 11.0 Å². The number of nitrogens with zero attached hydrogens (tertiary/aromatic N) is 1. The van der Waals surface area contributed by atoms with Crippen molar-refractivity contribution in [3.05, 3.63) is 40.2 Å². The highest BCUT2D eigenvalue weighted by Crippen LogP contribution is 2.23. The van der Waals surface area contributed by atoms with Crippen molar-refractivity contribution in [1.29, 1.82) is 0 Å². The zero-order valence-corrected chi connectivity index (χ0v) is 17.5. The highest BCUT2D eigenvalue weighted by atomic mass is 16.5. The maximum atomic E-state index is 12.3. The lowest BCUT2D eigenvalue weighted by atomic mass is 10.0. The van der Waals surface area contributed by atoms with Crippen LogP contribution in [0.15, 0.2) is 33.5 Å². The third-order valence-electron chi connectivity index (χ3n) is 5.28. The van der Waals surface area contributed by atoms with Crippen molar-refractivity contribution in [3.63, 3.8) is 0 Å². The summed E-state index contributed by atoms with van der Waals surface area (Å²) in [6.07, 6.45) is 1.75.